The van der Waals surface area contributed by atoms with E-state index in [0.29, 0.717) is 38.2 Å². The Morgan fingerprint density at radius 2 is 1.42 bits per heavy atom. The van der Waals surface area contributed by atoms with Gasteiger partial charge in [-0.05, 0) is 17.4 Å². The fourth-order valence-corrected chi connectivity index (χ4v) is 2.82. The summed E-state index contributed by atoms with van der Waals surface area (Å²) in [5.41, 5.74) is 1.55. The van der Waals surface area contributed by atoms with Crippen LogP contribution in [-0.4, -0.2) is 53.6 Å². The van der Waals surface area contributed by atoms with Crippen LogP contribution in [0.5, 0.6) is 0 Å². The summed E-state index contributed by atoms with van der Waals surface area (Å²) in [4.78, 5) is 39.7. The van der Waals surface area contributed by atoms with Gasteiger partial charge in [0.15, 0.2) is 0 Å². The van der Waals surface area contributed by atoms with Crippen LogP contribution in [0.3, 0.4) is 0 Å². The number of rotatable bonds is 2. The number of nitrogens with zero attached hydrogens (tertiary/aromatic N) is 2. The number of ketones is 1. The van der Waals surface area contributed by atoms with E-state index in [1.165, 1.54) is 6.92 Å². The molecule has 0 aromatic heterocycles. The molecule has 0 radical (unpaired) electrons. The number of amides is 2. The van der Waals surface area contributed by atoms with E-state index in [0.717, 1.165) is 5.56 Å². The quantitative estimate of drug-likeness (QED) is 0.617. The number of benzene rings is 1. The van der Waals surface area contributed by atoms with Crippen LogP contribution in [0.1, 0.15) is 50.0 Å². The van der Waals surface area contributed by atoms with Gasteiger partial charge in [0.25, 0.3) is 5.91 Å². The summed E-state index contributed by atoms with van der Waals surface area (Å²) in [6.45, 7) is 9.87. The van der Waals surface area contributed by atoms with Crippen molar-refractivity contribution in [3.8, 4) is 0 Å². The minimum Gasteiger partial charge on any atom is -0.341 e. The average Bonchev–Trinajstić information content (AvgIpc) is 2.79. The third kappa shape index (κ3) is 4.22. The highest BCUT2D eigenvalue weighted by molar-refractivity contribution is 6.42. The Hall–Kier alpha value is -2.17. The Morgan fingerprint density at radius 3 is 1.96 bits per heavy atom. The molecule has 0 spiro atoms. The molecule has 5 nitrogen and oxygen atoms in total. The van der Waals surface area contributed by atoms with Gasteiger partial charge < -0.3 is 9.80 Å². The van der Waals surface area contributed by atoms with Gasteiger partial charge in [0.1, 0.15) is 0 Å². The number of hydrogen-bond acceptors (Lipinski definition) is 3. The zero-order chi connectivity index (χ0) is 17.9. The summed E-state index contributed by atoms with van der Waals surface area (Å²) in [5, 5.41) is 0. The lowest BCUT2D eigenvalue weighted by molar-refractivity contribution is -0.130. The van der Waals surface area contributed by atoms with Crippen molar-refractivity contribution in [1.29, 1.82) is 0 Å². The summed E-state index contributed by atoms with van der Waals surface area (Å²) in [7, 11) is 0. The highest BCUT2D eigenvalue weighted by atomic mass is 16.2. The molecule has 5 heteroatoms. The van der Waals surface area contributed by atoms with Crippen LogP contribution in [0.25, 0.3) is 0 Å². The van der Waals surface area contributed by atoms with Gasteiger partial charge in [-0.3, -0.25) is 14.4 Å². The summed E-state index contributed by atoms with van der Waals surface area (Å²) >= 11 is 0. The molecule has 1 aromatic rings. The third-order valence-electron chi connectivity index (χ3n) is 4.44. The van der Waals surface area contributed by atoms with Gasteiger partial charge in [-0.1, -0.05) is 45.0 Å². The van der Waals surface area contributed by atoms with E-state index in [4.69, 9.17) is 0 Å². The molecule has 24 heavy (non-hydrogen) atoms. The van der Waals surface area contributed by atoms with Gasteiger partial charge in [-0.25, -0.2) is 0 Å². The van der Waals surface area contributed by atoms with Crippen molar-refractivity contribution in [2.75, 3.05) is 26.2 Å². The van der Waals surface area contributed by atoms with Crippen LogP contribution in [0.15, 0.2) is 24.3 Å². The second kappa shape index (κ2) is 7.16. The smallest absolute Gasteiger partial charge is 0.295 e. The maximum atomic E-state index is 12.5. The Kier molecular flexibility index (Phi) is 5.42. The van der Waals surface area contributed by atoms with Gasteiger partial charge in [-0.2, -0.15) is 0 Å². The molecule has 0 atom stereocenters. The van der Waals surface area contributed by atoms with Gasteiger partial charge >= 0.3 is 0 Å². The van der Waals surface area contributed by atoms with Crippen molar-refractivity contribution in [3.63, 3.8) is 0 Å². The van der Waals surface area contributed by atoms with Crippen molar-refractivity contribution in [1.82, 2.24) is 9.80 Å². The Balaban J connectivity index is 2.06. The lowest BCUT2D eigenvalue weighted by atomic mass is 9.86. The van der Waals surface area contributed by atoms with Gasteiger partial charge in [-0.15, -0.1) is 0 Å². The molecular formula is C19H26N2O3. The van der Waals surface area contributed by atoms with E-state index in [2.05, 4.69) is 20.8 Å². The number of carbonyl (C=O) groups is 3. The predicted octanol–water partition coefficient (Wildman–Crippen LogP) is 2.25. The first kappa shape index (κ1) is 18.2. The van der Waals surface area contributed by atoms with E-state index in [-0.39, 0.29) is 11.3 Å². The van der Waals surface area contributed by atoms with Crippen molar-refractivity contribution in [2.45, 2.75) is 39.5 Å². The van der Waals surface area contributed by atoms with Crippen molar-refractivity contribution in [2.24, 2.45) is 0 Å². The minimum atomic E-state index is -0.482. The van der Waals surface area contributed by atoms with Gasteiger partial charge in [0, 0.05) is 38.7 Å². The molecular weight excluding hydrogens is 304 g/mol. The van der Waals surface area contributed by atoms with Crippen molar-refractivity contribution >= 4 is 17.6 Å². The van der Waals surface area contributed by atoms with Crippen LogP contribution in [0.2, 0.25) is 0 Å². The fraction of sp³-hybridized carbons (Fsp3) is 0.526. The van der Waals surface area contributed by atoms with E-state index in [1.54, 1.807) is 21.9 Å². The van der Waals surface area contributed by atoms with E-state index >= 15 is 0 Å². The lowest BCUT2D eigenvalue weighted by Gasteiger charge is -2.21. The van der Waals surface area contributed by atoms with E-state index in [1.807, 2.05) is 12.1 Å². The van der Waals surface area contributed by atoms with Crippen LogP contribution >= 0.6 is 0 Å². The van der Waals surface area contributed by atoms with Crippen LogP contribution in [-0.2, 0) is 15.0 Å². The van der Waals surface area contributed by atoms with Crippen LogP contribution < -0.4 is 0 Å². The summed E-state index contributed by atoms with van der Waals surface area (Å²) in [5.74, 6) is -0.955. The number of Topliss-reactive ketones (excluding diaryl/α,β-unsaturated/α-hetero) is 1. The van der Waals surface area contributed by atoms with Crippen molar-refractivity contribution in [3.05, 3.63) is 35.4 Å². The van der Waals surface area contributed by atoms with Gasteiger partial charge in [0.05, 0.1) is 0 Å². The lowest BCUT2D eigenvalue weighted by Crippen LogP contribution is -2.40. The third-order valence-corrected chi connectivity index (χ3v) is 4.44. The molecule has 1 heterocycles. The second-order valence-corrected chi connectivity index (χ2v) is 7.31. The fourth-order valence-electron chi connectivity index (χ4n) is 2.82. The molecule has 0 N–H and O–H groups in total. The molecule has 1 aromatic carbocycles. The Morgan fingerprint density at radius 1 is 0.875 bits per heavy atom. The first-order chi connectivity index (χ1) is 11.2. The van der Waals surface area contributed by atoms with E-state index in [9.17, 15) is 14.4 Å². The highest BCUT2D eigenvalue weighted by Crippen LogP contribution is 2.22. The predicted molar refractivity (Wildman–Crippen MR) is 92.9 cm³/mol. The van der Waals surface area contributed by atoms with Gasteiger partial charge in [0.2, 0.25) is 11.7 Å². The zero-order valence-electron chi connectivity index (χ0n) is 15.0. The molecule has 2 amide bonds. The largest absolute Gasteiger partial charge is 0.341 e. The standard InChI is InChI=1S/C19H26N2O3/c1-14(22)20-10-5-11-21(13-12-20)18(24)17(23)15-6-8-16(9-7-15)19(2,3)4/h6-9H,5,10-13H2,1-4H3. The second-order valence-electron chi connectivity index (χ2n) is 7.31. The monoisotopic (exact) mass is 330 g/mol. The molecule has 0 aliphatic carbocycles. The van der Waals surface area contributed by atoms with Crippen LogP contribution in [0, 0.1) is 0 Å². The van der Waals surface area contributed by atoms with Crippen LogP contribution in [0.4, 0.5) is 0 Å². The Bertz CT molecular complexity index is 629. The molecule has 1 fully saturated rings. The minimum absolute atomic E-state index is 0.00647. The molecule has 1 aliphatic rings. The zero-order valence-corrected chi connectivity index (χ0v) is 15.0. The molecule has 0 bridgehead atoms. The first-order valence-electron chi connectivity index (χ1n) is 8.40. The van der Waals surface area contributed by atoms with Crippen molar-refractivity contribution < 1.29 is 14.4 Å². The Labute approximate surface area is 143 Å². The normalized spacial score (nSPS) is 15.8. The summed E-state index contributed by atoms with van der Waals surface area (Å²) in [6.07, 6.45) is 0.696. The highest BCUT2D eigenvalue weighted by Gasteiger charge is 2.26. The summed E-state index contributed by atoms with van der Waals surface area (Å²) < 4.78 is 0. The molecule has 1 saturated heterocycles. The maximum absolute atomic E-state index is 12.5. The summed E-state index contributed by atoms with van der Waals surface area (Å²) in [6, 6.07) is 7.25. The number of hydrogen-bond donors (Lipinski definition) is 0. The molecule has 0 unspecified atom stereocenters. The maximum Gasteiger partial charge on any atom is 0.295 e. The topological polar surface area (TPSA) is 57.7 Å². The SMILES string of the molecule is CC(=O)N1CCCN(C(=O)C(=O)c2ccc(C(C)(C)C)cc2)CC1. The molecule has 1 aliphatic heterocycles. The molecule has 2 rings (SSSR count). The molecule has 0 saturated carbocycles. The van der Waals surface area contributed by atoms with E-state index < -0.39 is 11.7 Å². The number of carbonyl (C=O) groups excluding carboxylic acids is 3. The molecule has 130 valence electrons. The first-order valence-corrected chi connectivity index (χ1v) is 8.40. The average molecular weight is 330 g/mol.